The van der Waals surface area contributed by atoms with Crippen LogP contribution in [-0.2, 0) is 21.1 Å². The van der Waals surface area contributed by atoms with Crippen molar-refractivity contribution in [3.8, 4) is 0 Å². The third kappa shape index (κ3) is 4.01. The maximum atomic E-state index is 11.7. The summed E-state index contributed by atoms with van der Waals surface area (Å²) in [5.41, 5.74) is 1.32. The maximum Gasteiger partial charge on any atom is 0.332 e. The molecular formula is C18H18N12O4. The first-order valence-electron chi connectivity index (χ1n) is 9.59. The van der Waals surface area contributed by atoms with Crippen molar-refractivity contribution >= 4 is 33.5 Å². The highest BCUT2D eigenvalue weighted by atomic mass is 16.2. The Hall–Kier alpha value is -5.15. The minimum Gasteiger partial charge on any atom is -0.342 e. The van der Waals surface area contributed by atoms with Gasteiger partial charge in [-0.15, -0.1) is 0 Å². The highest BCUT2D eigenvalue weighted by Gasteiger charge is 2.11. The molecule has 0 saturated carbocycles. The topological polar surface area (TPSA) is 211 Å². The number of nitrogens with one attached hydrogen (secondary N) is 4. The molecule has 6 aromatic heterocycles. The second-order valence-electron chi connectivity index (χ2n) is 6.93. The number of hydrogen-bond donors (Lipinski definition) is 4. The number of aromatic nitrogens is 12. The number of H-pyrrole nitrogens is 4. The summed E-state index contributed by atoms with van der Waals surface area (Å²) in [5, 5.41) is 0. The fraction of sp³-hybridized carbons (Fsp3) is 0.167. The number of hydrogen-bond acceptors (Lipinski definition) is 9. The maximum absolute atomic E-state index is 11.7. The van der Waals surface area contributed by atoms with E-state index in [1.807, 2.05) is 0 Å². The van der Waals surface area contributed by atoms with Crippen molar-refractivity contribution in [1.82, 2.24) is 58.6 Å². The Morgan fingerprint density at radius 3 is 2.38 bits per heavy atom. The molecule has 0 atom stereocenters. The first-order valence-corrected chi connectivity index (χ1v) is 9.59. The molecule has 0 bridgehead atoms. The molecule has 0 unspecified atom stereocenters. The van der Waals surface area contributed by atoms with Crippen LogP contribution in [0, 0.1) is 0 Å². The summed E-state index contributed by atoms with van der Waals surface area (Å²) in [6.45, 7) is 0. The van der Waals surface area contributed by atoms with Crippen LogP contribution in [0.1, 0.15) is 0 Å². The van der Waals surface area contributed by atoms with Gasteiger partial charge < -0.3 is 14.5 Å². The van der Waals surface area contributed by atoms with E-state index in [4.69, 9.17) is 0 Å². The summed E-state index contributed by atoms with van der Waals surface area (Å²) in [4.78, 5) is 73.9. The first-order chi connectivity index (χ1) is 16.3. The Morgan fingerprint density at radius 2 is 1.62 bits per heavy atom. The Balaban J connectivity index is 0.000000124. The van der Waals surface area contributed by atoms with E-state index in [1.165, 1.54) is 30.6 Å². The Bertz CT molecular complexity index is 1810. The molecule has 6 heterocycles. The number of rotatable bonds is 0. The van der Waals surface area contributed by atoms with Gasteiger partial charge in [0.25, 0.3) is 11.1 Å². The minimum atomic E-state index is -0.547. The van der Waals surface area contributed by atoms with Crippen molar-refractivity contribution in [2.45, 2.75) is 0 Å². The fourth-order valence-electron chi connectivity index (χ4n) is 3.03. The molecule has 0 aliphatic heterocycles. The van der Waals surface area contributed by atoms with Crippen LogP contribution >= 0.6 is 0 Å². The van der Waals surface area contributed by atoms with Gasteiger partial charge in [-0.3, -0.25) is 28.7 Å². The van der Waals surface area contributed by atoms with E-state index >= 15 is 0 Å². The second-order valence-corrected chi connectivity index (χ2v) is 6.93. The molecule has 0 aliphatic rings. The summed E-state index contributed by atoms with van der Waals surface area (Å²) in [6, 6.07) is 0. The molecule has 0 fully saturated rings. The zero-order valence-corrected chi connectivity index (χ0v) is 18.1. The SMILES string of the molecule is Cn1c(=O)c2c(ncn2C)n(C)c1=O.O=c1[nH]c(=O)c2[nH]cnc2[nH]1.c1ncc2[nH]cnc2n1. The van der Waals surface area contributed by atoms with Crippen LogP contribution in [0.2, 0.25) is 0 Å². The molecule has 0 aliphatic carbocycles. The normalized spacial score (nSPS) is 10.7. The smallest absolute Gasteiger partial charge is 0.332 e. The Morgan fingerprint density at radius 1 is 0.853 bits per heavy atom. The van der Waals surface area contributed by atoms with Gasteiger partial charge in [0.2, 0.25) is 0 Å². The summed E-state index contributed by atoms with van der Waals surface area (Å²) in [5.74, 6) is 0. The van der Waals surface area contributed by atoms with Gasteiger partial charge in [0.15, 0.2) is 22.5 Å². The van der Waals surface area contributed by atoms with Gasteiger partial charge in [-0.2, -0.15) is 0 Å². The van der Waals surface area contributed by atoms with Crippen LogP contribution < -0.4 is 22.5 Å². The van der Waals surface area contributed by atoms with Crippen LogP contribution in [-0.4, -0.2) is 58.6 Å². The first kappa shape index (κ1) is 22.1. The summed E-state index contributed by atoms with van der Waals surface area (Å²) in [7, 11) is 4.77. The van der Waals surface area contributed by atoms with Gasteiger partial charge in [0, 0.05) is 21.1 Å². The van der Waals surface area contributed by atoms with E-state index in [0.29, 0.717) is 16.8 Å². The van der Waals surface area contributed by atoms with Crippen LogP contribution in [0.3, 0.4) is 0 Å². The predicted octanol–water partition coefficient (Wildman–Crippen LogP) is -1.74. The van der Waals surface area contributed by atoms with Crippen molar-refractivity contribution in [3.05, 3.63) is 73.2 Å². The number of fused-ring (bicyclic) bond motifs is 3. The zero-order valence-electron chi connectivity index (χ0n) is 18.1. The van der Waals surface area contributed by atoms with Crippen molar-refractivity contribution in [2.75, 3.05) is 0 Å². The number of imidazole rings is 3. The molecule has 34 heavy (non-hydrogen) atoms. The predicted molar refractivity (Wildman–Crippen MR) is 120 cm³/mol. The van der Waals surface area contributed by atoms with Crippen molar-refractivity contribution in [1.29, 1.82) is 0 Å². The van der Waals surface area contributed by atoms with E-state index in [1.54, 1.807) is 31.2 Å². The van der Waals surface area contributed by atoms with Gasteiger partial charge in [-0.1, -0.05) is 0 Å². The summed E-state index contributed by atoms with van der Waals surface area (Å²) in [6.07, 6.45) is 7.62. The molecule has 16 nitrogen and oxygen atoms in total. The molecule has 0 spiro atoms. The quantitative estimate of drug-likeness (QED) is 0.200. The van der Waals surface area contributed by atoms with E-state index in [2.05, 4.69) is 44.9 Å². The largest absolute Gasteiger partial charge is 0.342 e. The van der Waals surface area contributed by atoms with E-state index in [0.717, 1.165) is 10.1 Å². The molecule has 0 aromatic carbocycles. The molecule has 0 saturated heterocycles. The number of aryl methyl sites for hydroxylation is 2. The van der Waals surface area contributed by atoms with Gasteiger partial charge >= 0.3 is 11.4 Å². The van der Waals surface area contributed by atoms with Crippen LogP contribution in [0.25, 0.3) is 33.5 Å². The monoisotopic (exact) mass is 466 g/mol. The van der Waals surface area contributed by atoms with Crippen molar-refractivity contribution in [3.63, 3.8) is 0 Å². The third-order valence-electron chi connectivity index (χ3n) is 4.74. The number of nitrogens with zero attached hydrogens (tertiary/aromatic N) is 8. The van der Waals surface area contributed by atoms with Crippen LogP contribution in [0.4, 0.5) is 0 Å². The Labute approximate surface area is 187 Å². The van der Waals surface area contributed by atoms with Crippen molar-refractivity contribution in [2.24, 2.45) is 21.1 Å². The van der Waals surface area contributed by atoms with E-state index < -0.39 is 11.2 Å². The lowest BCUT2D eigenvalue weighted by Crippen LogP contribution is -2.37. The highest BCUT2D eigenvalue weighted by Crippen LogP contribution is 2.02. The fourth-order valence-corrected chi connectivity index (χ4v) is 3.03. The lowest BCUT2D eigenvalue weighted by molar-refractivity contribution is 0.705. The molecule has 16 heteroatoms. The highest BCUT2D eigenvalue weighted by molar-refractivity contribution is 5.70. The number of aromatic amines is 4. The van der Waals surface area contributed by atoms with Crippen LogP contribution in [0.5, 0.6) is 0 Å². The average Bonchev–Trinajstić information content (AvgIpc) is 3.56. The second kappa shape index (κ2) is 8.77. The standard InChI is InChI=1S/C8H10N4O2.C5H4N4O2.C5H4N4/c1-10-4-9-6-5(10)7(13)12(3)8(14)11(6)2;10-4-2-3(7-1-6-2)8-5(11)9-4;1-4-5(8-2-6-1)9-3-7-4/h4H,1-3H3;1H,(H3,6,7,8,9,10,11);1-3H,(H,6,7,8,9). The van der Waals surface area contributed by atoms with Gasteiger partial charge in [0.05, 0.1) is 25.2 Å². The molecule has 0 amide bonds. The van der Waals surface area contributed by atoms with Gasteiger partial charge in [-0.25, -0.2) is 34.5 Å². The van der Waals surface area contributed by atoms with Gasteiger partial charge in [0.1, 0.15) is 17.4 Å². The molecule has 0 radical (unpaired) electrons. The molecule has 4 N–H and O–H groups in total. The third-order valence-corrected chi connectivity index (χ3v) is 4.74. The summed E-state index contributed by atoms with van der Waals surface area (Å²) >= 11 is 0. The zero-order chi connectivity index (χ0) is 24.4. The van der Waals surface area contributed by atoms with E-state index in [9.17, 15) is 19.2 Å². The van der Waals surface area contributed by atoms with Crippen molar-refractivity contribution < 1.29 is 0 Å². The molecule has 6 aromatic rings. The lowest BCUT2D eigenvalue weighted by Gasteiger charge is -2.02. The molecule has 6 rings (SSSR count). The lowest BCUT2D eigenvalue weighted by atomic mass is 10.5. The summed E-state index contributed by atoms with van der Waals surface area (Å²) < 4.78 is 4.04. The average molecular weight is 466 g/mol. The van der Waals surface area contributed by atoms with E-state index in [-0.39, 0.29) is 22.4 Å². The van der Waals surface area contributed by atoms with Crippen LogP contribution in [0.15, 0.2) is 50.7 Å². The minimum absolute atomic E-state index is 0.277. The van der Waals surface area contributed by atoms with Gasteiger partial charge in [-0.05, 0) is 0 Å². The Kier molecular flexibility index (Phi) is 5.69. The molecule has 174 valence electrons. The molecular weight excluding hydrogens is 448 g/mol.